The monoisotopic (exact) mass is 265 g/mol. The number of carboxylic acids is 1. The molecule has 0 fully saturated rings. The Hall–Kier alpha value is -1.65. The first kappa shape index (κ1) is 15.4. The van der Waals surface area contributed by atoms with Gasteiger partial charge in [0.1, 0.15) is 17.7 Å². The Morgan fingerprint density at radius 3 is 2.47 bits per heavy atom. The fourth-order valence-electron chi connectivity index (χ4n) is 1.80. The lowest BCUT2D eigenvalue weighted by Gasteiger charge is -2.22. The molecule has 1 atom stereocenters. The van der Waals surface area contributed by atoms with Crippen molar-refractivity contribution in [2.24, 2.45) is 5.41 Å². The SMILES string of the molecule is Cc1cc(N[C@@H](CCC(C)(C)C)C(=O)O)nc(C)n1. The average molecular weight is 265 g/mol. The second-order valence-electron chi connectivity index (χ2n) is 6.08. The maximum absolute atomic E-state index is 11.3. The summed E-state index contributed by atoms with van der Waals surface area (Å²) in [5, 5.41) is 12.2. The minimum absolute atomic E-state index is 0.118. The van der Waals surface area contributed by atoms with Gasteiger partial charge in [0.15, 0.2) is 0 Å². The number of aliphatic carboxylic acids is 1. The molecule has 0 unspecified atom stereocenters. The molecule has 0 aliphatic rings. The van der Waals surface area contributed by atoms with Gasteiger partial charge in [-0.15, -0.1) is 0 Å². The smallest absolute Gasteiger partial charge is 0.326 e. The highest BCUT2D eigenvalue weighted by Crippen LogP contribution is 2.22. The van der Waals surface area contributed by atoms with Crippen molar-refractivity contribution in [2.75, 3.05) is 5.32 Å². The van der Waals surface area contributed by atoms with E-state index in [-0.39, 0.29) is 5.41 Å². The lowest BCUT2D eigenvalue weighted by molar-refractivity contribution is -0.138. The van der Waals surface area contributed by atoms with Gasteiger partial charge in [-0.25, -0.2) is 14.8 Å². The highest BCUT2D eigenvalue weighted by molar-refractivity contribution is 5.76. The minimum Gasteiger partial charge on any atom is -0.480 e. The number of nitrogens with one attached hydrogen (secondary N) is 1. The third kappa shape index (κ3) is 5.68. The zero-order valence-corrected chi connectivity index (χ0v) is 12.3. The average Bonchev–Trinajstić information content (AvgIpc) is 2.20. The fourth-order valence-corrected chi connectivity index (χ4v) is 1.80. The van der Waals surface area contributed by atoms with Gasteiger partial charge < -0.3 is 10.4 Å². The number of carbonyl (C=O) groups is 1. The Balaban J connectivity index is 2.75. The third-order valence-electron chi connectivity index (χ3n) is 2.77. The largest absolute Gasteiger partial charge is 0.480 e. The number of rotatable bonds is 5. The first-order valence-corrected chi connectivity index (χ1v) is 6.49. The number of nitrogens with zero attached hydrogens (tertiary/aromatic N) is 2. The van der Waals surface area contributed by atoms with Crippen molar-refractivity contribution in [1.82, 2.24) is 9.97 Å². The molecule has 5 heteroatoms. The molecule has 0 aromatic carbocycles. The van der Waals surface area contributed by atoms with E-state index >= 15 is 0 Å². The number of hydrogen-bond acceptors (Lipinski definition) is 4. The van der Waals surface area contributed by atoms with Crippen LogP contribution in [0.4, 0.5) is 5.82 Å². The van der Waals surface area contributed by atoms with Crippen molar-refractivity contribution in [1.29, 1.82) is 0 Å². The van der Waals surface area contributed by atoms with Crippen molar-refractivity contribution in [3.63, 3.8) is 0 Å². The van der Waals surface area contributed by atoms with E-state index in [1.165, 1.54) is 0 Å². The van der Waals surface area contributed by atoms with E-state index in [0.717, 1.165) is 12.1 Å². The fraction of sp³-hybridized carbons (Fsp3) is 0.643. The van der Waals surface area contributed by atoms with Gasteiger partial charge in [0.05, 0.1) is 0 Å². The van der Waals surface area contributed by atoms with Gasteiger partial charge in [-0.05, 0) is 32.1 Å². The maximum Gasteiger partial charge on any atom is 0.326 e. The summed E-state index contributed by atoms with van der Waals surface area (Å²) in [7, 11) is 0. The summed E-state index contributed by atoms with van der Waals surface area (Å²) in [6.45, 7) is 9.97. The standard InChI is InChI=1S/C14H23N3O2/c1-9-8-12(16-10(2)15-9)17-11(13(18)19)6-7-14(3,4)5/h8,11H,6-7H2,1-5H3,(H,18,19)(H,15,16,17)/t11-/m0/s1. The molecule has 0 amide bonds. The van der Waals surface area contributed by atoms with Gasteiger partial charge in [-0.2, -0.15) is 0 Å². The summed E-state index contributed by atoms with van der Waals surface area (Å²) < 4.78 is 0. The van der Waals surface area contributed by atoms with Crippen LogP contribution in [-0.2, 0) is 4.79 Å². The van der Waals surface area contributed by atoms with Gasteiger partial charge in [-0.3, -0.25) is 0 Å². The van der Waals surface area contributed by atoms with Crippen molar-refractivity contribution in [3.05, 3.63) is 17.6 Å². The second kappa shape index (κ2) is 5.99. The number of hydrogen-bond donors (Lipinski definition) is 2. The van der Waals surface area contributed by atoms with Gasteiger partial charge >= 0.3 is 5.97 Å². The molecule has 106 valence electrons. The van der Waals surface area contributed by atoms with Crippen molar-refractivity contribution >= 4 is 11.8 Å². The zero-order chi connectivity index (χ0) is 14.6. The Labute approximate surface area is 114 Å². The Bertz CT molecular complexity index is 432. The Kier molecular flexibility index (Phi) is 4.86. The molecule has 1 heterocycles. The third-order valence-corrected chi connectivity index (χ3v) is 2.77. The summed E-state index contributed by atoms with van der Waals surface area (Å²) in [5.41, 5.74) is 0.947. The Morgan fingerprint density at radius 2 is 2.00 bits per heavy atom. The maximum atomic E-state index is 11.3. The molecule has 0 saturated heterocycles. The van der Waals surface area contributed by atoms with Crippen LogP contribution in [0, 0.1) is 19.3 Å². The molecule has 0 aliphatic carbocycles. The van der Waals surface area contributed by atoms with Crippen molar-refractivity contribution < 1.29 is 9.90 Å². The van der Waals surface area contributed by atoms with E-state index in [4.69, 9.17) is 0 Å². The lowest BCUT2D eigenvalue weighted by atomic mass is 9.88. The topological polar surface area (TPSA) is 75.1 Å². The molecule has 0 spiro atoms. The zero-order valence-electron chi connectivity index (χ0n) is 12.3. The van der Waals surface area contributed by atoms with E-state index in [2.05, 4.69) is 36.1 Å². The molecule has 19 heavy (non-hydrogen) atoms. The van der Waals surface area contributed by atoms with Crippen LogP contribution in [0.2, 0.25) is 0 Å². The van der Waals surface area contributed by atoms with Crippen molar-refractivity contribution in [2.45, 2.75) is 53.5 Å². The number of aryl methyl sites for hydroxylation is 2. The van der Waals surface area contributed by atoms with Gasteiger partial charge in [0.2, 0.25) is 0 Å². The van der Waals surface area contributed by atoms with Crippen LogP contribution in [0.3, 0.4) is 0 Å². The summed E-state index contributed by atoms with van der Waals surface area (Å²) in [6.07, 6.45) is 1.40. The molecule has 0 radical (unpaired) electrons. The van der Waals surface area contributed by atoms with Gasteiger partial charge in [0.25, 0.3) is 0 Å². The normalized spacial score (nSPS) is 13.1. The van der Waals surface area contributed by atoms with Crippen LogP contribution in [0.5, 0.6) is 0 Å². The Morgan fingerprint density at radius 1 is 1.37 bits per heavy atom. The van der Waals surface area contributed by atoms with Crippen LogP contribution in [0.25, 0.3) is 0 Å². The van der Waals surface area contributed by atoms with E-state index in [9.17, 15) is 9.90 Å². The first-order chi connectivity index (χ1) is 8.67. The quantitative estimate of drug-likeness (QED) is 0.856. The van der Waals surface area contributed by atoms with Gasteiger partial charge in [0, 0.05) is 11.8 Å². The van der Waals surface area contributed by atoms with Crippen LogP contribution in [0.15, 0.2) is 6.07 Å². The molecule has 0 saturated carbocycles. The summed E-state index contributed by atoms with van der Waals surface area (Å²) in [4.78, 5) is 19.7. The molecule has 2 N–H and O–H groups in total. The molecular weight excluding hydrogens is 242 g/mol. The van der Waals surface area contributed by atoms with E-state index < -0.39 is 12.0 Å². The van der Waals surface area contributed by atoms with E-state index in [0.29, 0.717) is 18.1 Å². The molecule has 0 bridgehead atoms. The number of anilines is 1. The van der Waals surface area contributed by atoms with Crippen LogP contribution in [0.1, 0.15) is 45.1 Å². The molecule has 1 rings (SSSR count). The number of carboxylic acid groups (broad SMARTS) is 1. The van der Waals surface area contributed by atoms with E-state index in [1.807, 2.05) is 6.92 Å². The van der Waals surface area contributed by atoms with Gasteiger partial charge in [-0.1, -0.05) is 20.8 Å². The molecular formula is C14H23N3O2. The molecule has 1 aromatic rings. The summed E-state index contributed by atoms with van der Waals surface area (Å²) >= 11 is 0. The summed E-state index contributed by atoms with van der Waals surface area (Å²) in [6, 6.07) is 1.15. The highest BCUT2D eigenvalue weighted by Gasteiger charge is 2.21. The van der Waals surface area contributed by atoms with Crippen LogP contribution >= 0.6 is 0 Å². The van der Waals surface area contributed by atoms with Crippen LogP contribution < -0.4 is 5.32 Å². The number of aromatic nitrogens is 2. The van der Waals surface area contributed by atoms with Crippen molar-refractivity contribution in [3.8, 4) is 0 Å². The molecule has 5 nitrogen and oxygen atoms in total. The predicted molar refractivity (Wildman–Crippen MR) is 75.2 cm³/mol. The van der Waals surface area contributed by atoms with E-state index in [1.54, 1.807) is 13.0 Å². The highest BCUT2D eigenvalue weighted by atomic mass is 16.4. The summed E-state index contributed by atoms with van der Waals surface area (Å²) in [5.74, 6) is 0.368. The predicted octanol–water partition coefficient (Wildman–Crippen LogP) is 2.78. The molecule has 0 aliphatic heterocycles. The second-order valence-corrected chi connectivity index (χ2v) is 6.08. The lowest BCUT2D eigenvalue weighted by Crippen LogP contribution is -2.31. The molecule has 1 aromatic heterocycles. The minimum atomic E-state index is -0.849. The van der Waals surface area contributed by atoms with Crippen LogP contribution in [-0.4, -0.2) is 27.1 Å². The first-order valence-electron chi connectivity index (χ1n) is 6.49.